The molecule has 1 aromatic carbocycles. The number of halogens is 2. The van der Waals surface area contributed by atoms with Gasteiger partial charge in [-0.15, -0.1) is 0 Å². The van der Waals surface area contributed by atoms with Crippen molar-refractivity contribution in [3.63, 3.8) is 0 Å². The molecule has 0 spiro atoms. The molecular formula is C11H11F2N3O2. The van der Waals surface area contributed by atoms with E-state index in [-0.39, 0.29) is 30.1 Å². The number of ether oxygens (including phenoxy) is 1. The van der Waals surface area contributed by atoms with Crippen molar-refractivity contribution >= 4 is 0 Å². The first-order valence-electron chi connectivity index (χ1n) is 5.22. The topological polar surface area (TPSA) is 74.2 Å². The van der Waals surface area contributed by atoms with Gasteiger partial charge >= 0.3 is 0 Å². The van der Waals surface area contributed by atoms with Crippen molar-refractivity contribution in [1.82, 2.24) is 10.1 Å². The van der Waals surface area contributed by atoms with Crippen LogP contribution in [0.4, 0.5) is 8.78 Å². The Kier molecular flexibility index (Phi) is 3.52. The lowest BCUT2D eigenvalue weighted by atomic mass is 10.3. The van der Waals surface area contributed by atoms with Crippen LogP contribution < -0.4 is 10.5 Å². The zero-order valence-electron chi connectivity index (χ0n) is 9.56. The molecule has 0 saturated heterocycles. The fourth-order valence-corrected chi connectivity index (χ4v) is 1.25. The zero-order valence-corrected chi connectivity index (χ0v) is 9.56. The van der Waals surface area contributed by atoms with Gasteiger partial charge in [-0.05, 0) is 19.1 Å². The summed E-state index contributed by atoms with van der Waals surface area (Å²) in [5.74, 6) is -1.02. The van der Waals surface area contributed by atoms with E-state index in [0.29, 0.717) is 0 Å². The molecule has 0 aliphatic carbocycles. The Morgan fingerprint density at radius 3 is 2.83 bits per heavy atom. The minimum atomic E-state index is -0.786. The molecule has 0 aliphatic heterocycles. The van der Waals surface area contributed by atoms with E-state index in [4.69, 9.17) is 15.0 Å². The van der Waals surface area contributed by atoms with E-state index in [9.17, 15) is 8.78 Å². The molecule has 2 N–H and O–H groups in total. The molecule has 2 aromatic rings. The van der Waals surface area contributed by atoms with E-state index >= 15 is 0 Å². The number of aromatic nitrogens is 2. The second kappa shape index (κ2) is 5.09. The van der Waals surface area contributed by atoms with Gasteiger partial charge in [0.25, 0.3) is 0 Å². The molecule has 0 saturated carbocycles. The summed E-state index contributed by atoms with van der Waals surface area (Å²) in [4.78, 5) is 3.95. The fourth-order valence-electron chi connectivity index (χ4n) is 1.25. The van der Waals surface area contributed by atoms with Crippen LogP contribution in [0.3, 0.4) is 0 Å². The van der Waals surface area contributed by atoms with E-state index in [1.807, 2.05) is 0 Å². The smallest absolute Gasteiger partial charge is 0.243 e. The summed E-state index contributed by atoms with van der Waals surface area (Å²) in [6.45, 7) is 1.61. The number of rotatable bonds is 4. The maximum atomic E-state index is 13.2. The monoisotopic (exact) mass is 255 g/mol. The first-order chi connectivity index (χ1) is 8.56. The van der Waals surface area contributed by atoms with Crippen LogP contribution >= 0.6 is 0 Å². The minimum absolute atomic E-state index is 0.0800. The molecule has 96 valence electrons. The largest absolute Gasteiger partial charge is 0.482 e. The van der Waals surface area contributed by atoms with Gasteiger partial charge < -0.3 is 15.0 Å². The molecule has 1 heterocycles. The molecule has 7 heteroatoms. The second-order valence-corrected chi connectivity index (χ2v) is 3.70. The van der Waals surface area contributed by atoms with Crippen molar-refractivity contribution in [2.24, 2.45) is 5.73 Å². The fraction of sp³-hybridized carbons (Fsp3) is 0.273. The molecule has 5 nitrogen and oxygen atoms in total. The van der Waals surface area contributed by atoms with Gasteiger partial charge in [-0.3, -0.25) is 0 Å². The van der Waals surface area contributed by atoms with Gasteiger partial charge in [0.15, 0.2) is 18.2 Å². The van der Waals surface area contributed by atoms with Gasteiger partial charge in [0.1, 0.15) is 5.82 Å². The molecule has 1 atom stereocenters. The maximum Gasteiger partial charge on any atom is 0.243 e. The Morgan fingerprint density at radius 1 is 1.44 bits per heavy atom. The Balaban J connectivity index is 2.02. The first-order valence-corrected chi connectivity index (χ1v) is 5.22. The summed E-state index contributed by atoms with van der Waals surface area (Å²) in [7, 11) is 0. The summed E-state index contributed by atoms with van der Waals surface area (Å²) in [6, 6.07) is 2.65. The predicted molar refractivity (Wildman–Crippen MR) is 57.6 cm³/mol. The predicted octanol–water partition coefficient (Wildman–Crippen LogP) is 1.95. The SMILES string of the molecule is CC(N)c1nc(COc2ccc(F)cc2F)no1. The third-order valence-electron chi connectivity index (χ3n) is 2.12. The van der Waals surface area contributed by atoms with Gasteiger partial charge in [-0.25, -0.2) is 8.78 Å². The van der Waals surface area contributed by atoms with E-state index in [1.165, 1.54) is 6.07 Å². The lowest BCUT2D eigenvalue weighted by molar-refractivity contribution is 0.271. The standard InChI is InChI=1S/C11H11F2N3O2/c1-6(14)11-15-10(16-18-11)5-17-9-3-2-7(12)4-8(9)13/h2-4,6H,5,14H2,1H3. The van der Waals surface area contributed by atoms with Crippen LogP contribution in [-0.4, -0.2) is 10.1 Å². The molecular weight excluding hydrogens is 244 g/mol. The first kappa shape index (κ1) is 12.4. The molecule has 0 radical (unpaired) electrons. The van der Waals surface area contributed by atoms with Crippen LogP contribution in [-0.2, 0) is 6.61 Å². The quantitative estimate of drug-likeness (QED) is 0.903. The normalized spacial score (nSPS) is 12.4. The molecule has 1 unspecified atom stereocenters. The molecule has 2 rings (SSSR count). The molecule has 0 amide bonds. The van der Waals surface area contributed by atoms with E-state index in [2.05, 4.69) is 10.1 Å². The van der Waals surface area contributed by atoms with Crippen LogP contribution in [0.15, 0.2) is 22.7 Å². The van der Waals surface area contributed by atoms with E-state index in [0.717, 1.165) is 12.1 Å². The van der Waals surface area contributed by atoms with Gasteiger partial charge in [-0.2, -0.15) is 4.98 Å². The van der Waals surface area contributed by atoms with Crippen LogP contribution in [0.2, 0.25) is 0 Å². The Morgan fingerprint density at radius 2 is 2.22 bits per heavy atom. The van der Waals surface area contributed by atoms with E-state index in [1.54, 1.807) is 6.92 Å². The number of hydrogen-bond donors (Lipinski definition) is 1. The highest BCUT2D eigenvalue weighted by Crippen LogP contribution is 2.18. The average Bonchev–Trinajstić information content (AvgIpc) is 2.76. The lowest BCUT2D eigenvalue weighted by Crippen LogP contribution is -2.06. The van der Waals surface area contributed by atoms with Crippen molar-refractivity contribution in [3.8, 4) is 5.75 Å². The zero-order chi connectivity index (χ0) is 13.1. The Labute approximate surface area is 102 Å². The van der Waals surface area contributed by atoms with Crippen molar-refractivity contribution in [3.05, 3.63) is 41.5 Å². The number of nitrogens with two attached hydrogens (primary N) is 1. The molecule has 0 bridgehead atoms. The summed E-state index contributed by atoms with van der Waals surface area (Å²) >= 11 is 0. The third-order valence-corrected chi connectivity index (χ3v) is 2.12. The van der Waals surface area contributed by atoms with Crippen LogP contribution in [0.1, 0.15) is 24.7 Å². The van der Waals surface area contributed by atoms with Gasteiger partial charge in [0, 0.05) is 6.07 Å². The van der Waals surface area contributed by atoms with E-state index < -0.39 is 11.6 Å². The number of nitrogens with zero attached hydrogens (tertiary/aromatic N) is 2. The van der Waals surface area contributed by atoms with Crippen molar-refractivity contribution in [2.45, 2.75) is 19.6 Å². The molecule has 0 fully saturated rings. The highest BCUT2D eigenvalue weighted by Gasteiger charge is 2.11. The van der Waals surface area contributed by atoms with Gasteiger partial charge in [0.2, 0.25) is 11.7 Å². The van der Waals surface area contributed by atoms with Crippen LogP contribution in [0, 0.1) is 11.6 Å². The number of benzene rings is 1. The van der Waals surface area contributed by atoms with Gasteiger partial charge in [-0.1, -0.05) is 5.16 Å². The van der Waals surface area contributed by atoms with Crippen molar-refractivity contribution < 1.29 is 18.0 Å². The summed E-state index contributed by atoms with van der Waals surface area (Å²) < 4.78 is 35.8. The summed E-state index contributed by atoms with van der Waals surface area (Å²) in [6.07, 6.45) is 0. The number of hydrogen-bond acceptors (Lipinski definition) is 5. The van der Waals surface area contributed by atoms with Crippen LogP contribution in [0.25, 0.3) is 0 Å². The lowest BCUT2D eigenvalue weighted by Gasteiger charge is -2.04. The second-order valence-electron chi connectivity index (χ2n) is 3.70. The maximum absolute atomic E-state index is 13.2. The highest BCUT2D eigenvalue weighted by atomic mass is 19.1. The molecule has 0 aliphatic rings. The Hall–Kier alpha value is -2.02. The molecule has 18 heavy (non-hydrogen) atoms. The average molecular weight is 255 g/mol. The third kappa shape index (κ3) is 2.80. The highest BCUT2D eigenvalue weighted by molar-refractivity contribution is 5.24. The van der Waals surface area contributed by atoms with Crippen molar-refractivity contribution in [2.75, 3.05) is 0 Å². The van der Waals surface area contributed by atoms with Crippen LogP contribution in [0.5, 0.6) is 5.75 Å². The summed E-state index contributed by atoms with van der Waals surface area (Å²) in [5.41, 5.74) is 5.54. The van der Waals surface area contributed by atoms with Crippen molar-refractivity contribution in [1.29, 1.82) is 0 Å². The van der Waals surface area contributed by atoms with Gasteiger partial charge in [0.05, 0.1) is 6.04 Å². The summed E-state index contributed by atoms with van der Waals surface area (Å²) in [5, 5.41) is 3.61. The molecule has 1 aromatic heterocycles. The minimum Gasteiger partial charge on any atom is -0.482 e. The Bertz CT molecular complexity index is 543.